The van der Waals surface area contributed by atoms with E-state index < -0.39 is 34.1 Å². The fraction of sp³-hybridized carbons (Fsp3) is 0.682. The molecule has 3 fully saturated rings. The number of esters is 1. The highest BCUT2D eigenvalue weighted by molar-refractivity contribution is 9.09. The highest BCUT2D eigenvalue weighted by atomic mass is 79.9. The lowest BCUT2D eigenvalue weighted by Gasteiger charge is -2.42. The summed E-state index contributed by atoms with van der Waals surface area (Å²) in [6, 6.07) is -0.761. The van der Waals surface area contributed by atoms with Crippen LogP contribution in [0.4, 0.5) is 0 Å². The van der Waals surface area contributed by atoms with Crippen LogP contribution in [0, 0.1) is 11.8 Å². The fourth-order valence-electron chi connectivity index (χ4n) is 5.23. The van der Waals surface area contributed by atoms with Crippen LogP contribution in [0.2, 0.25) is 0 Å². The lowest BCUT2D eigenvalue weighted by Crippen LogP contribution is -2.59. The number of aliphatic hydroxyl groups is 1. The number of carbonyl (C=O) groups excluding carboxylic acids is 3. The molecule has 2 bridgehead atoms. The van der Waals surface area contributed by atoms with Crippen molar-refractivity contribution in [3.05, 3.63) is 25.3 Å². The number of halogens is 1. The summed E-state index contributed by atoms with van der Waals surface area (Å²) >= 11 is 5.25. The van der Waals surface area contributed by atoms with Gasteiger partial charge < -0.3 is 19.6 Å². The maximum Gasteiger partial charge on any atom is 0.311 e. The van der Waals surface area contributed by atoms with Crippen molar-refractivity contribution >= 4 is 45.5 Å². The van der Waals surface area contributed by atoms with Gasteiger partial charge in [0.25, 0.3) is 0 Å². The SMILES string of the molecule is C=CCOC(=O)[C@H]1[C@@H]2SC3(CC2Br)C(C(=O)N(CC=C)C(C)(C)C)N(CCO)C(=O)[C@H]13. The second-order valence-corrected chi connectivity index (χ2v) is 12.0. The Labute approximate surface area is 196 Å². The van der Waals surface area contributed by atoms with Crippen molar-refractivity contribution in [1.29, 1.82) is 0 Å². The van der Waals surface area contributed by atoms with Gasteiger partial charge in [-0.25, -0.2) is 0 Å². The van der Waals surface area contributed by atoms with Crippen molar-refractivity contribution in [3.8, 4) is 0 Å². The van der Waals surface area contributed by atoms with Gasteiger partial charge in [-0.1, -0.05) is 34.7 Å². The first-order valence-electron chi connectivity index (χ1n) is 10.5. The molecular formula is C22H31BrN2O5S. The van der Waals surface area contributed by atoms with Gasteiger partial charge in [0.1, 0.15) is 12.6 Å². The Bertz CT molecular complexity index is 784. The number of fused-ring (bicyclic) bond motifs is 1. The molecule has 9 heteroatoms. The third-order valence-corrected chi connectivity index (χ3v) is 9.59. The number of likely N-dealkylation sites (tertiary alicyclic amines) is 1. The molecule has 0 aliphatic carbocycles. The Morgan fingerprint density at radius 3 is 2.61 bits per heavy atom. The summed E-state index contributed by atoms with van der Waals surface area (Å²) in [5.74, 6) is -2.16. The average Bonchev–Trinajstić information content (AvgIpc) is 3.27. The first kappa shape index (κ1) is 24.3. The highest BCUT2D eigenvalue weighted by Crippen LogP contribution is 2.68. The second-order valence-electron chi connectivity index (χ2n) is 9.25. The molecule has 6 atom stereocenters. The molecule has 0 aromatic heterocycles. The predicted octanol–water partition coefficient (Wildman–Crippen LogP) is 1.99. The minimum absolute atomic E-state index is 0.0188. The summed E-state index contributed by atoms with van der Waals surface area (Å²) in [6.45, 7) is 13.4. The first-order chi connectivity index (χ1) is 14.5. The van der Waals surface area contributed by atoms with Crippen LogP contribution >= 0.6 is 27.7 Å². The lowest BCUT2D eigenvalue weighted by atomic mass is 9.71. The molecule has 3 aliphatic heterocycles. The number of rotatable bonds is 8. The van der Waals surface area contributed by atoms with E-state index in [-0.39, 0.29) is 41.6 Å². The van der Waals surface area contributed by atoms with Crippen LogP contribution in [0.1, 0.15) is 27.2 Å². The smallest absolute Gasteiger partial charge is 0.311 e. The van der Waals surface area contributed by atoms with Gasteiger partial charge >= 0.3 is 5.97 Å². The van der Waals surface area contributed by atoms with Crippen molar-refractivity contribution in [2.75, 3.05) is 26.3 Å². The number of hydrogen-bond donors (Lipinski definition) is 1. The number of alkyl halides is 1. The zero-order valence-electron chi connectivity index (χ0n) is 18.3. The lowest BCUT2D eigenvalue weighted by molar-refractivity contribution is -0.153. The molecule has 0 aromatic carbocycles. The molecule has 3 rings (SSSR count). The van der Waals surface area contributed by atoms with Gasteiger partial charge in [-0.05, 0) is 27.2 Å². The molecule has 0 radical (unpaired) electrons. The monoisotopic (exact) mass is 514 g/mol. The van der Waals surface area contributed by atoms with Crippen LogP contribution in [-0.4, -0.2) is 85.4 Å². The summed E-state index contributed by atoms with van der Waals surface area (Å²) < 4.78 is 4.60. The summed E-state index contributed by atoms with van der Waals surface area (Å²) in [5, 5.41) is 9.51. The standard InChI is InChI=1S/C22H31BrN2O5S/c1-6-8-25(21(3,4)5)19(28)17-22-12-13(23)16(31-22)14(20(29)30-11-7-2)15(22)18(27)24(17)9-10-26/h6-7,13-17,26H,1-2,8-12H2,3-5H3/t13?,14-,15+,16-,17?,22?/m1/s1. The van der Waals surface area contributed by atoms with Crippen molar-refractivity contribution in [1.82, 2.24) is 9.80 Å². The Hall–Kier alpha value is -1.32. The number of thioether (sulfide) groups is 1. The van der Waals surface area contributed by atoms with Crippen LogP contribution in [0.5, 0.6) is 0 Å². The quantitative estimate of drug-likeness (QED) is 0.302. The van der Waals surface area contributed by atoms with Gasteiger partial charge in [0.05, 0.1) is 23.2 Å². The molecule has 31 heavy (non-hydrogen) atoms. The third kappa shape index (κ3) is 3.86. The van der Waals surface area contributed by atoms with Gasteiger partial charge in [0.2, 0.25) is 11.8 Å². The molecule has 0 aromatic rings. The van der Waals surface area contributed by atoms with E-state index in [0.29, 0.717) is 13.0 Å². The number of ether oxygens (including phenoxy) is 1. The molecule has 7 nitrogen and oxygen atoms in total. The summed E-state index contributed by atoms with van der Waals surface area (Å²) in [6.07, 6.45) is 3.76. The van der Waals surface area contributed by atoms with Crippen molar-refractivity contribution in [3.63, 3.8) is 0 Å². The normalized spacial score (nSPS) is 33.9. The van der Waals surface area contributed by atoms with E-state index in [0.717, 1.165) is 0 Å². The fourth-order valence-corrected chi connectivity index (χ4v) is 8.83. The zero-order chi connectivity index (χ0) is 23.1. The van der Waals surface area contributed by atoms with Gasteiger partial charge in [-0.2, -0.15) is 0 Å². The third-order valence-electron chi connectivity index (χ3n) is 6.37. The number of β-amino-alcohol motifs (C(OH)–C–C–N with tert-alkyl or cyclic N) is 1. The molecule has 3 aliphatic rings. The van der Waals surface area contributed by atoms with Crippen molar-refractivity contribution in [2.24, 2.45) is 11.8 Å². The first-order valence-corrected chi connectivity index (χ1v) is 12.3. The second kappa shape index (κ2) is 8.90. The molecule has 2 amide bonds. The largest absolute Gasteiger partial charge is 0.461 e. The molecule has 1 N–H and O–H groups in total. The van der Waals surface area contributed by atoms with Gasteiger partial charge in [-0.3, -0.25) is 14.4 Å². The van der Waals surface area contributed by atoms with Gasteiger partial charge in [-0.15, -0.1) is 18.3 Å². The molecule has 3 heterocycles. The summed E-state index contributed by atoms with van der Waals surface area (Å²) in [4.78, 5) is 43.6. The van der Waals surface area contributed by atoms with Gasteiger partial charge in [0.15, 0.2) is 0 Å². The summed E-state index contributed by atoms with van der Waals surface area (Å²) in [7, 11) is 0. The van der Waals surface area contributed by atoms with Crippen molar-refractivity contribution < 1.29 is 24.2 Å². The average molecular weight is 515 g/mol. The van der Waals surface area contributed by atoms with E-state index in [9.17, 15) is 19.5 Å². The van der Waals surface area contributed by atoms with Crippen LogP contribution in [0.25, 0.3) is 0 Å². The maximum absolute atomic E-state index is 13.9. The van der Waals surface area contributed by atoms with Crippen LogP contribution < -0.4 is 0 Å². The molecule has 3 saturated heterocycles. The Morgan fingerprint density at radius 2 is 2.06 bits per heavy atom. The number of hydrogen-bond acceptors (Lipinski definition) is 6. The topological polar surface area (TPSA) is 87.2 Å². The van der Waals surface area contributed by atoms with E-state index in [4.69, 9.17) is 4.74 Å². The minimum atomic E-state index is -0.761. The summed E-state index contributed by atoms with van der Waals surface area (Å²) in [5.41, 5.74) is -0.481. The number of carbonyl (C=O) groups is 3. The molecule has 172 valence electrons. The number of amides is 2. The minimum Gasteiger partial charge on any atom is -0.461 e. The Balaban J connectivity index is 2.06. The molecule has 1 spiro atoms. The number of aliphatic hydroxyl groups excluding tert-OH is 1. The van der Waals surface area contributed by atoms with E-state index >= 15 is 0 Å². The number of nitrogens with zero attached hydrogens (tertiary/aromatic N) is 2. The zero-order valence-corrected chi connectivity index (χ0v) is 20.7. The molecular weight excluding hydrogens is 484 g/mol. The van der Waals surface area contributed by atoms with Crippen molar-refractivity contribution in [2.45, 2.75) is 53.6 Å². The molecule has 0 saturated carbocycles. The van der Waals surface area contributed by atoms with E-state index in [1.54, 1.807) is 22.7 Å². The van der Waals surface area contributed by atoms with Crippen LogP contribution in [0.15, 0.2) is 25.3 Å². The molecule has 3 unspecified atom stereocenters. The predicted molar refractivity (Wildman–Crippen MR) is 124 cm³/mol. The van der Waals surface area contributed by atoms with E-state index in [2.05, 4.69) is 29.1 Å². The van der Waals surface area contributed by atoms with Gasteiger partial charge in [0, 0.05) is 28.7 Å². The van der Waals surface area contributed by atoms with Crippen LogP contribution in [0.3, 0.4) is 0 Å². The van der Waals surface area contributed by atoms with Crippen LogP contribution in [-0.2, 0) is 19.1 Å². The highest BCUT2D eigenvalue weighted by Gasteiger charge is 2.76. The Kier molecular flexibility index (Phi) is 6.99. The van der Waals surface area contributed by atoms with E-state index in [1.165, 1.54) is 11.0 Å². The Morgan fingerprint density at radius 1 is 1.39 bits per heavy atom. The van der Waals surface area contributed by atoms with E-state index in [1.807, 2.05) is 20.8 Å². The maximum atomic E-state index is 13.9.